The lowest BCUT2D eigenvalue weighted by atomic mass is 9.76. The van der Waals surface area contributed by atoms with Gasteiger partial charge in [-0.05, 0) is 70.5 Å². The van der Waals surface area contributed by atoms with Crippen LogP contribution in [0.2, 0.25) is 0 Å². The Balaban J connectivity index is 2.02. The highest BCUT2D eigenvalue weighted by Gasteiger charge is 2.24. The predicted octanol–water partition coefficient (Wildman–Crippen LogP) is 4.92. The smallest absolute Gasteiger partial charge is 0.0565 e. The van der Waals surface area contributed by atoms with Gasteiger partial charge in [0.15, 0.2) is 0 Å². The molecule has 1 unspecified atom stereocenters. The molecule has 0 radical (unpaired) electrons. The number of benzene rings is 2. The number of aryl methyl sites for hydroxylation is 1. The van der Waals surface area contributed by atoms with Crippen molar-refractivity contribution in [1.29, 1.82) is 0 Å². The minimum absolute atomic E-state index is 0.0152. The van der Waals surface area contributed by atoms with Gasteiger partial charge in [0, 0.05) is 3.57 Å². The van der Waals surface area contributed by atoms with Gasteiger partial charge >= 0.3 is 0 Å². The van der Waals surface area contributed by atoms with Gasteiger partial charge in [0.2, 0.25) is 0 Å². The first kappa shape index (κ1) is 14.1. The molecule has 20 heavy (non-hydrogen) atoms. The average molecular weight is 377 g/mol. The second-order valence-corrected chi connectivity index (χ2v) is 6.79. The number of nitrogens with two attached hydrogens (primary N) is 1. The molecule has 0 aromatic heterocycles. The van der Waals surface area contributed by atoms with E-state index in [1.54, 1.807) is 0 Å². The van der Waals surface area contributed by atoms with Gasteiger partial charge < -0.3 is 5.73 Å². The second kappa shape index (κ2) is 5.86. The van der Waals surface area contributed by atoms with Crippen LogP contribution in [0.4, 0.5) is 0 Å². The van der Waals surface area contributed by atoms with Crippen LogP contribution in [0.3, 0.4) is 0 Å². The molecule has 0 heterocycles. The summed E-state index contributed by atoms with van der Waals surface area (Å²) in [6.45, 7) is 2.15. The fourth-order valence-electron chi connectivity index (χ4n) is 2.96. The van der Waals surface area contributed by atoms with Crippen molar-refractivity contribution in [3.05, 3.63) is 68.3 Å². The van der Waals surface area contributed by atoms with E-state index in [0.717, 1.165) is 5.92 Å². The molecule has 0 spiro atoms. The second-order valence-electron chi connectivity index (χ2n) is 5.71. The number of hydrogen-bond donors (Lipinski definition) is 1. The first-order chi connectivity index (χ1) is 9.68. The maximum Gasteiger partial charge on any atom is 0.0565 e. The normalized spacial score (nSPS) is 16.8. The maximum atomic E-state index is 6.60. The molecular formula is C18H20IN. The summed E-state index contributed by atoms with van der Waals surface area (Å²) in [6.07, 6.45) is 3.99. The Morgan fingerprint density at radius 2 is 1.75 bits per heavy atom. The Kier molecular flexibility index (Phi) is 4.13. The fraction of sp³-hybridized carbons (Fsp3) is 0.333. The van der Waals surface area contributed by atoms with E-state index < -0.39 is 0 Å². The van der Waals surface area contributed by atoms with E-state index in [4.69, 9.17) is 5.73 Å². The van der Waals surface area contributed by atoms with Gasteiger partial charge in [-0.3, -0.25) is 0 Å². The van der Waals surface area contributed by atoms with Crippen LogP contribution in [0.1, 0.15) is 53.5 Å². The van der Waals surface area contributed by atoms with Crippen molar-refractivity contribution in [2.45, 2.75) is 38.1 Å². The molecule has 1 aliphatic rings. The van der Waals surface area contributed by atoms with Crippen molar-refractivity contribution in [3.63, 3.8) is 0 Å². The molecule has 1 atom stereocenters. The zero-order valence-electron chi connectivity index (χ0n) is 11.8. The minimum Gasteiger partial charge on any atom is -0.320 e. The summed E-state index contributed by atoms with van der Waals surface area (Å²) >= 11 is 2.42. The highest BCUT2D eigenvalue weighted by atomic mass is 127. The summed E-state index contributed by atoms with van der Waals surface area (Å²) in [5.74, 6) is 0.722. The molecule has 2 N–H and O–H groups in total. The Bertz CT molecular complexity index is 617. The molecule has 0 saturated heterocycles. The number of hydrogen-bond acceptors (Lipinski definition) is 1. The maximum absolute atomic E-state index is 6.60. The van der Waals surface area contributed by atoms with Crippen LogP contribution in [-0.2, 0) is 0 Å². The van der Waals surface area contributed by atoms with Crippen LogP contribution in [0.25, 0.3) is 0 Å². The van der Waals surface area contributed by atoms with Crippen molar-refractivity contribution in [2.24, 2.45) is 5.73 Å². The standard InChI is InChI=1S/C18H20IN/c1-12-6-4-11-16(17(12)19)18(20)15-10-3-2-9-14(15)13-7-5-8-13/h2-4,6,9-11,13,18H,5,7-8,20H2,1H3. The topological polar surface area (TPSA) is 26.0 Å². The van der Waals surface area contributed by atoms with Gasteiger partial charge in [0.1, 0.15) is 0 Å². The van der Waals surface area contributed by atoms with E-state index in [9.17, 15) is 0 Å². The van der Waals surface area contributed by atoms with Gasteiger partial charge in [-0.1, -0.05) is 48.9 Å². The summed E-state index contributed by atoms with van der Waals surface area (Å²) in [5, 5.41) is 0. The van der Waals surface area contributed by atoms with Gasteiger partial charge in [0.25, 0.3) is 0 Å². The Morgan fingerprint density at radius 1 is 1.05 bits per heavy atom. The van der Waals surface area contributed by atoms with E-state index in [1.807, 2.05) is 0 Å². The third-order valence-corrected chi connectivity index (χ3v) is 5.91. The summed E-state index contributed by atoms with van der Waals surface area (Å²) in [7, 11) is 0. The summed E-state index contributed by atoms with van der Waals surface area (Å²) in [5.41, 5.74) is 11.9. The third-order valence-electron chi connectivity index (χ3n) is 4.43. The van der Waals surface area contributed by atoms with Crippen LogP contribution in [0.15, 0.2) is 42.5 Å². The van der Waals surface area contributed by atoms with E-state index >= 15 is 0 Å². The largest absolute Gasteiger partial charge is 0.320 e. The highest BCUT2D eigenvalue weighted by Crippen LogP contribution is 2.40. The summed E-state index contributed by atoms with van der Waals surface area (Å²) < 4.78 is 1.29. The molecular weight excluding hydrogens is 357 g/mol. The lowest BCUT2D eigenvalue weighted by molar-refractivity contribution is 0.416. The zero-order chi connectivity index (χ0) is 14.1. The minimum atomic E-state index is -0.0152. The van der Waals surface area contributed by atoms with Crippen molar-refractivity contribution < 1.29 is 0 Å². The van der Waals surface area contributed by atoms with Gasteiger partial charge in [0.05, 0.1) is 6.04 Å². The zero-order valence-corrected chi connectivity index (χ0v) is 13.9. The lowest BCUT2D eigenvalue weighted by Crippen LogP contribution is -2.19. The first-order valence-corrected chi connectivity index (χ1v) is 8.35. The quantitative estimate of drug-likeness (QED) is 0.756. The van der Waals surface area contributed by atoms with E-state index in [2.05, 4.69) is 72.0 Å². The van der Waals surface area contributed by atoms with Crippen LogP contribution in [0, 0.1) is 10.5 Å². The summed E-state index contributed by atoms with van der Waals surface area (Å²) in [4.78, 5) is 0. The molecule has 1 saturated carbocycles. The lowest BCUT2D eigenvalue weighted by Gasteiger charge is -2.30. The average Bonchev–Trinajstić information content (AvgIpc) is 2.40. The Hall–Kier alpha value is -0.870. The Labute approximate surface area is 134 Å². The van der Waals surface area contributed by atoms with Crippen molar-refractivity contribution in [3.8, 4) is 0 Å². The molecule has 3 rings (SSSR count). The molecule has 1 aliphatic carbocycles. The van der Waals surface area contributed by atoms with E-state index in [0.29, 0.717) is 0 Å². The predicted molar refractivity (Wildman–Crippen MR) is 93.0 cm³/mol. The van der Waals surface area contributed by atoms with Crippen molar-refractivity contribution in [2.75, 3.05) is 0 Å². The molecule has 2 aromatic carbocycles. The van der Waals surface area contributed by atoms with Crippen molar-refractivity contribution in [1.82, 2.24) is 0 Å². The van der Waals surface area contributed by atoms with Gasteiger partial charge in [-0.2, -0.15) is 0 Å². The summed E-state index contributed by atoms with van der Waals surface area (Å²) in [6, 6.07) is 15.1. The van der Waals surface area contributed by atoms with Crippen LogP contribution < -0.4 is 5.73 Å². The molecule has 104 valence electrons. The van der Waals surface area contributed by atoms with E-state index in [-0.39, 0.29) is 6.04 Å². The molecule has 0 aliphatic heterocycles. The van der Waals surface area contributed by atoms with Gasteiger partial charge in [-0.15, -0.1) is 0 Å². The molecule has 2 heteroatoms. The van der Waals surface area contributed by atoms with Crippen LogP contribution >= 0.6 is 22.6 Å². The van der Waals surface area contributed by atoms with Crippen molar-refractivity contribution >= 4 is 22.6 Å². The molecule has 2 aromatic rings. The monoisotopic (exact) mass is 377 g/mol. The molecule has 1 fully saturated rings. The SMILES string of the molecule is Cc1cccc(C(N)c2ccccc2C2CCC2)c1I. The Morgan fingerprint density at radius 3 is 2.45 bits per heavy atom. The molecule has 0 bridgehead atoms. The number of rotatable bonds is 3. The van der Waals surface area contributed by atoms with Crippen LogP contribution in [0.5, 0.6) is 0 Å². The van der Waals surface area contributed by atoms with Gasteiger partial charge in [-0.25, -0.2) is 0 Å². The fourth-order valence-corrected chi connectivity index (χ4v) is 3.66. The molecule has 0 amide bonds. The third kappa shape index (κ3) is 2.51. The number of halogens is 1. The molecule has 1 nitrogen and oxygen atoms in total. The first-order valence-electron chi connectivity index (χ1n) is 7.28. The van der Waals surface area contributed by atoms with Crippen LogP contribution in [-0.4, -0.2) is 0 Å². The highest BCUT2D eigenvalue weighted by molar-refractivity contribution is 14.1. The van der Waals surface area contributed by atoms with E-state index in [1.165, 1.54) is 45.1 Å².